The van der Waals surface area contributed by atoms with Gasteiger partial charge in [0.15, 0.2) is 16.5 Å². The fourth-order valence-corrected chi connectivity index (χ4v) is 2.90. The van der Waals surface area contributed by atoms with E-state index in [2.05, 4.69) is 20.6 Å². The quantitative estimate of drug-likeness (QED) is 0.685. The predicted octanol–water partition coefficient (Wildman–Crippen LogP) is 2.62. The maximum Gasteiger partial charge on any atom is 0.435 e. The van der Waals surface area contributed by atoms with Crippen LogP contribution in [-0.4, -0.2) is 37.0 Å². The maximum absolute atomic E-state index is 13.5. The molecule has 0 saturated heterocycles. The molecule has 0 aliphatic carbocycles. The zero-order valence-electron chi connectivity index (χ0n) is 13.3. The molecule has 2 N–H and O–H groups in total. The normalized spacial score (nSPS) is 11.4. The number of halogens is 3. The van der Waals surface area contributed by atoms with Crippen LogP contribution in [-0.2, 0) is 17.4 Å². The van der Waals surface area contributed by atoms with Crippen LogP contribution in [0.4, 0.5) is 18.3 Å². The van der Waals surface area contributed by atoms with Gasteiger partial charge in [0.2, 0.25) is 0 Å². The largest absolute Gasteiger partial charge is 0.481 e. The Morgan fingerprint density at radius 3 is 2.56 bits per heavy atom. The lowest BCUT2D eigenvalue weighted by Crippen LogP contribution is -2.21. The molecule has 0 aliphatic rings. The van der Waals surface area contributed by atoms with Gasteiger partial charge < -0.3 is 5.11 Å². The highest BCUT2D eigenvalue weighted by Gasteiger charge is 2.42. The highest BCUT2D eigenvalue weighted by atomic mass is 32.1. The molecule has 2 aromatic heterocycles. The smallest absolute Gasteiger partial charge is 0.435 e. The number of thiazole rings is 1. The van der Waals surface area contributed by atoms with Gasteiger partial charge in [-0.15, -0.1) is 16.4 Å². The van der Waals surface area contributed by atoms with Crippen molar-refractivity contribution >= 4 is 28.3 Å². The van der Waals surface area contributed by atoms with Gasteiger partial charge in [-0.2, -0.15) is 13.2 Å². The number of amides is 1. The Hall–Kier alpha value is -3.28. The van der Waals surface area contributed by atoms with Crippen molar-refractivity contribution in [3.05, 3.63) is 52.8 Å². The molecule has 0 fully saturated rings. The van der Waals surface area contributed by atoms with Gasteiger partial charge in [0.05, 0.1) is 17.8 Å². The van der Waals surface area contributed by atoms with Crippen LogP contribution in [0, 0.1) is 0 Å². The lowest BCUT2D eigenvalue weighted by molar-refractivity contribution is -0.143. The topological polar surface area (TPSA) is 110 Å². The van der Waals surface area contributed by atoms with E-state index in [9.17, 15) is 22.8 Å². The monoisotopic (exact) mass is 397 g/mol. The van der Waals surface area contributed by atoms with Crippen molar-refractivity contribution in [1.29, 1.82) is 0 Å². The summed E-state index contributed by atoms with van der Waals surface area (Å²) in [4.78, 5) is 26.8. The van der Waals surface area contributed by atoms with Gasteiger partial charge in [0.25, 0.3) is 5.91 Å². The van der Waals surface area contributed by atoms with Crippen LogP contribution in [0.5, 0.6) is 0 Å². The van der Waals surface area contributed by atoms with E-state index >= 15 is 0 Å². The number of nitrogens with one attached hydrogen (secondary N) is 1. The van der Waals surface area contributed by atoms with Gasteiger partial charge in [-0.3, -0.25) is 14.9 Å². The van der Waals surface area contributed by atoms with Crippen molar-refractivity contribution in [3.8, 4) is 5.69 Å². The second-order valence-corrected chi connectivity index (χ2v) is 6.06. The minimum absolute atomic E-state index is 0.0429. The molecular formula is C15H10F3N5O3S. The van der Waals surface area contributed by atoms with Gasteiger partial charge >= 0.3 is 12.1 Å². The van der Waals surface area contributed by atoms with Crippen LogP contribution < -0.4 is 5.32 Å². The lowest BCUT2D eigenvalue weighted by atomic mass is 10.2. The van der Waals surface area contributed by atoms with E-state index in [-0.39, 0.29) is 22.9 Å². The number of anilines is 1. The molecule has 12 heteroatoms. The van der Waals surface area contributed by atoms with Crippen molar-refractivity contribution in [2.45, 2.75) is 12.6 Å². The second-order valence-electron chi connectivity index (χ2n) is 5.20. The highest BCUT2D eigenvalue weighted by Crippen LogP contribution is 2.33. The summed E-state index contributed by atoms with van der Waals surface area (Å²) in [6, 6.07) is 7.46. The molecule has 27 heavy (non-hydrogen) atoms. The molecule has 3 aromatic rings. The number of carboxylic acid groups (broad SMARTS) is 1. The van der Waals surface area contributed by atoms with E-state index in [1.165, 1.54) is 29.6 Å². The van der Waals surface area contributed by atoms with Gasteiger partial charge in [-0.25, -0.2) is 9.67 Å². The van der Waals surface area contributed by atoms with Crippen LogP contribution in [0.15, 0.2) is 35.7 Å². The molecule has 2 heterocycles. The molecular weight excluding hydrogens is 387 g/mol. The third-order valence-electron chi connectivity index (χ3n) is 3.26. The molecule has 0 saturated carbocycles. The summed E-state index contributed by atoms with van der Waals surface area (Å²) in [7, 11) is 0. The predicted molar refractivity (Wildman–Crippen MR) is 87.8 cm³/mol. The Kier molecular flexibility index (Phi) is 4.90. The summed E-state index contributed by atoms with van der Waals surface area (Å²) >= 11 is 0.888. The minimum atomic E-state index is -4.89. The van der Waals surface area contributed by atoms with E-state index in [0.717, 1.165) is 11.3 Å². The number of rotatable bonds is 5. The molecule has 0 atom stereocenters. The molecule has 1 amide bonds. The van der Waals surface area contributed by atoms with E-state index < -0.39 is 29.4 Å². The SMILES string of the molecule is O=C(O)Cc1csc(NC(=O)c2nnn(-c3ccccc3)c2C(F)(F)F)n1. The minimum Gasteiger partial charge on any atom is -0.481 e. The highest BCUT2D eigenvalue weighted by molar-refractivity contribution is 7.14. The Labute approximate surface area is 153 Å². The molecule has 3 rings (SSSR count). The Bertz CT molecular complexity index is 984. The lowest BCUT2D eigenvalue weighted by Gasteiger charge is -2.10. The number of aliphatic carboxylic acids is 1. The fourth-order valence-electron chi connectivity index (χ4n) is 2.20. The van der Waals surface area contributed by atoms with E-state index in [1.54, 1.807) is 6.07 Å². The Balaban J connectivity index is 1.92. The van der Waals surface area contributed by atoms with Crippen molar-refractivity contribution in [3.63, 3.8) is 0 Å². The zero-order chi connectivity index (χ0) is 19.6. The summed E-state index contributed by atoms with van der Waals surface area (Å²) < 4.78 is 41.1. The number of nitrogens with zero attached hydrogens (tertiary/aromatic N) is 4. The average molecular weight is 397 g/mol. The maximum atomic E-state index is 13.5. The van der Waals surface area contributed by atoms with Gasteiger partial charge in [0.1, 0.15) is 0 Å². The first-order chi connectivity index (χ1) is 12.8. The number of aromatic nitrogens is 4. The summed E-state index contributed by atoms with van der Waals surface area (Å²) in [5, 5.41) is 19.1. The van der Waals surface area contributed by atoms with Crippen molar-refractivity contribution < 1.29 is 27.9 Å². The van der Waals surface area contributed by atoms with Crippen molar-refractivity contribution in [2.24, 2.45) is 0 Å². The fraction of sp³-hybridized carbons (Fsp3) is 0.133. The molecule has 8 nitrogen and oxygen atoms in total. The zero-order valence-corrected chi connectivity index (χ0v) is 14.1. The molecule has 1 aromatic carbocycles. The molecule has 0 unspecified atom stereocenters. The number of carbonyl (C=O) groups is 2. The van der Waals surface area contributed by atoms with Gasteiger partial charge in [-0.05, 0) is 12.1 Å². The third-order valence-corrected chi connectivity index (χ3v) is 4.07. The molecule has 0 bridgehead atoms. The number of carbonyl (C=O) groups excluding carboxylic acids is 1. The summed E-state index contributed by atoms with van der Waals surface area (Å²) in [5.74, 6) is -2.27. The standard InChI is InChI=1S/C15H10F3N5O3S/c16-15(17,18)12-11(21-22-23(12)9-4-2-1-3-5-9)13(26)20-14-19-8(7-27-14)6-10(24)25/h1-5,7H,6H2,(H,24,25)(H,19,20,26). The van der Waals surface area contributed by atoms with E-state index in [4.69, 9.17) is 5.11 Å². The number of carboxylic acids is 1. The number of alkyl halides is 3. The van der Waals surface area contributed by atoms with E-state index in [0.29, 0.717) is 4.68 Å². The summed E-state index contributed by atoms with van der Waals surface area (Å²) in [5.41, 5.74) is -1.98. The third kappa shape index (κ3) is 4.11. The van der Waals surface area contributed by atoms with Crippen molar-refractivity contribution in [1.82, 2.24) is 20.0 Å². The molecule has 0 spiro atoms. The molecule has 0 radical (unpaired) electrons. The Morgan fingerprint density at radius 1 is 1.22 bits per heavy atom. The van der Waals surface area contributed by atoms with Crippen LogP contribution in [0.2, 0.25) is 0 Å². The summed E-state index contributed by atoms with van der Waals surface area (Å²) in [6.07, 6.45) is -5.26. The second kappa shape index (κ2) is 7.15. The van der Waals surface area contributed by atoms with Gasteiger partial charge in [0, 0.05) is 5.38 Å². The van der Waals surface area contributed by atoms with Crippen LogP contribution in [0.25, 0.3) is 5.69 Å². The van der Waals surface area contributed by atoms with Crippen molar-refractivity contribution in [2.75, 3.05) is 5.32 Å². The van der Waals surface area contributed by atoms with Crippen LogP contribution in [0.1, 0.15) is 21.9 Å². The first-order valence-electron chi connectivity index (χ1n) is 7.31. The molecule has 140 valence electrons. The molecule has 0 aliphatic heterocycles. The number of hydrogen-bond donors (Lipinski definition) is 2. The number of hydrogen-bond acceptors (Lipinski definition) is 6. The van der Waals surface area contributed by atoms with E-state index in [1.807, 2.05) is 0 Å². The van der Waals surface area contributed by atoms with Gasteiger partial charge in [-0.1, -0.05) is 23.4 Å². The number of para-hydroxylation sites is 1. The first kappa shape index (κ1) is 18.5. The first-order valence-corrected chi connectivity index (χ1v) is 8.19. The Morgan fingerprint density at radius 2 is 1.93 bits per heavy atom. The van der Waals surface area contributed by atoms with Crippen LogP contribution in [0.3, 0.4) is 0 Å². The van der Waals surface area contributed by atoms with Crippen LogP contribution >= 0.6 is 11.3 Å². The average Bonchev–Trinajstić information content (AvgIpc) is 3.21. The number of benzene rings is 1. The summed E-state index contributed by atoms with van der Waals surface area (Å²) in [6.45, 7) is 0.